The summed E-state index contributed by atoms with van der Waals surface area (Å²) in [6.45, 7) is 6.34. The van der Waals surface area contributed by atoms with Crippen molar-refractivity contribution in [3.63, 3.8) is 0 Å². The molecule has 1 aromatic carbocycles. The van der Waals surface area contributed by atoms with E-state index < -0.39 is 0 Å². The highest BCUT2D eigenvalue weighted by molar-refractivity contribution is 7.12. The zero-order valence-corrected chi connectivity index (χ0v) is 19.4. The van der Waals surface area contributed by atoms with E-state index in [1.165, 1.54) is 36.2 Å². The number of halogens is 1. The average molecular weight is 447 g/mol. The summed E-state index contributed by atoms with van der Waals surface area (Å²) in [5.74, 6) is 0.381. The maximum Gasteiger partial charge on any atom is 0.230 e. The Bertz CT molecular complexity index is 1030. The van der Waals surface area contributed by atoms with E-state index in [9.17, 15) is 4.79 Å². The number of thiazole rings is 1. The van der Waals surface area contributed by atoms with Crippen LogP contribution in [0.5, 0.6) is 5.75 Å². The maximum atomic E-state index is 12.5. The molecule has 8 heteroatoms. The van der Waals surface area contributed by atoms with Crippen molar-refractivity contribution in [2.45, 2.75) is 52.9 Å². The highest BCUT2D eigenvalue weighted by Crippen LogP contribution is 2.28. The summed E-state index contributed by atoms with van der Waals surface area (Å²) >= 11 is 7.52. The molecule has 160 valence electrons. The Morgan fingerprint density at radius 1 is 1.30 bits per heavy atom. The third-order valence-corrected chi connectivity index (χ3v) is 6.07. The Labute approximate surface area is 186 Å². The molecule has 0 bridgehead atoms. The minimum absolute atomic E-state index is 0.162. The van der Waals surface area contributed by atoms with Crippen LogP contribution in [0.2, 0.25) is 5.02 Å². The van der Waals surface area contributed by atoms with Gasteiger partial charge in [0, 0.05) is 16.1 Å². The lowest BCUT2D eigenvalue weighted by molar-refractivity contribution is -0.115. The number of rotatable bonds is 9. The van der Waals surface area contributed by atoms with Crippen LogP contribution in [-0.2, 0) is 17.6 Å². The maximum absolute atomic E-state index is 12.5. The second-order valence-electron chi connectivity index (χ2n) is 7.21. The van der Waals surface area contributed by atoms with Gasteiger partial charge in [0.2, 0.25) is 11.0 Å². The number of aromatic nitrogens is 3. The van der Waals surface area contributed by atoms with Gasteiger partial charge in [-0.3, -0.25) is 4.79 Å². The van der Waals surface area contributed by atoms with Crippen LogP contribution in [0.1, 0.15) is 48.8 Å². The van der Waals surface area contributed by atoms with Crippen molar-refractivity contribution in [2.75, 3.05) is 12.4 Å². The normalized spacial score (nSPS) is 11.0. The smallest absolute Gasteiger partial charge is 0.230 e. The molecule has 2 heterocycles. The highest BCUT2D eigenvalue weighted by atomic mass is 35.5. The van der Waals surface area contributed by atoms with Crippen LogP contribution >= 0.6 is 22.9 Å². The number of nitrogens with zero attached hydrogens (tertiary/aromatic N) is 3. The summed E-state index contributed by atoms with van der Waals surface area (Å²) in [6, 6.07) is 5.11. The number of carbonyl (C=O) groups excluding carboxylic acids is 1. The molecule has 0 aliphatic rings. The van der Waals surface area contributed by atoms with Gasteiger partial charge in [-0.1, -0.05) is 31.4 Å². The van der Waals surface area contributed by atoms with Crippen LogP contribution in [0.15, 0.2) is 23.6 Å². The van der Waals surface area contributed by atoms with Gasteiger partial charge in [0.25, 0.3) is 0 Å². The first-order chi connectivity index (χ1) is 14.4. The number of nitrogens with one attached hydrogen (secondary N) is 1. The largest absolute Gasteiger partial charge is 0.495 e. The predicted molar refractivity (Wildman–Crippen MR) is 122 cm³/mol. The van der Waals surface area contributed by atoms with E-state index in [1.54, 1.807) is 25.3 Å². The third kappa shape index (κ3) is 5.21. The van der Waals surface area contributed by atoms with Crippen molar-refractivity contribution in [1.29, 1.82) is 0 Å². The fraction of sp³-hybridized carbons (Fsp3) is 0.409. The summed E-state index contributed by atoms with van der Waals surface area (Å²) in [5.41, 5.74) is 4.71. The number of unbranched alkanes of at least 4 members (excludes halogenated alkanes) is 2. The van der Waals surface area contributed by atoms with Gasteiger partial charge >= 0.3 is 0 Å². The number of carbonyl (C=O) groups is 1. The second kappa shape index (κ2) is 10.1. The number of ether oxygens (including phenoxy) is 1. The Balaban J connectivity index is 1.70. The van der Waals surface area contributed by atoms with Crippen LogP contribution < -0.4 is 10.1 Å². The number of amides is 1. The van der Waals surface area contributed by atoms with E-state index >= 15 is 0 Å². The lowest BCUT2D eigenvalue weighted by atomic mass is 10.1. The van der Waals surface area contributed by atoms with Crippen LogP contribution in [0.3, 0.4) is 0 Å². The predicted octanol–water partition coefficient (Wildman–Crippen LogP) is 5.52. The van der Waals surface area contributed by atoms with Gasteiger partial charge in [-0.25, -0.2) is 9.67 Å². The molecule has 0 aliphatic carbocycles. The van der Waals surface area contributed by atoms with Crippen molar-refractivity contribution in [2.24, 2.45) is 0 Å². The van der Waals surface area contributed by atoms with E-state index in [1.807, 2.05) is 17.0 Å². The van der Waals surface area contributed by atoms with Crippen LogP contribution in [0.25, 0.3) is 5.13 Å². The minimum atomic E-state index is -0.180. The van der Waals surface area contributed by atoms with Crippen molar-refractivity contribution in [3.05, 3.63) is 51.2 Å². The topological polar surface area (TPSA) is 69.0 Å². The van der Waals surface area contributed by atoms with Crippen molar-refractivity contribution in [3.8, 4) is 10.9 Å². The molecule has 1 amide bonds. The molecule has 0 spiro atoms. The number of aryl methyl sites for hydroxylation is 1. The van der Waals surface area contributed by atoms with E-state index in [0.29, 0.717) is 22.2 Å². The average Bonchev–Trinajstić information content (AvgIpc) is 3.27. The quantitative estimate of drug-likeness (QED) is 0.439. The Kier molecular flexibility index (Phi) is 7.50. The lowest BCUT2D eigenvalue weighted by Crippen LogP contribution is -2.15. The molecule has 0 saturated carbocycles. The molecule has 6 nitrogen and oxygen atoms in total. The van der Waals surface area contributed by atoms with Crippen molar-refractivity contribution in [1.82, 2.24) is 14.8 Å². The molecule has 30 heavy (non-hydrogen) atoms. The molecule has 2 aromatic heterocycles. The molecule has 0 radical (unpaired) electrons. The molecule has 0 aliphatic heterocycles. The number of benzene rings is 1. The summed E-state index contributed by atoms with van der Waals surface area (Å²) in [7, 11) is 1.55. The monoisotopic (exact) mass is 446 g/mol. The first kappa shape index (κ1) is 22.3. The summed E-state index contributed by atoms with van der Waals surface area (Å²) in [4.78, 5) is 17.1. The van der Waals surface area contributed by atoms with Gasteiger partial charge in [-0.2, -0.15) is 5.10 Å². The number of methoxy groups -OCH3 is 1. The number of hydrogen-bond donors (Lipinski definition) is 1. The van der Waals surface area contributed by atoms with Crippen LogP contribution in [-0.4, -0.2) is 27.8 Å². The van der Waals surface area contributed by atoms with E-state index in [4.69, 9.17) is 16.3 Å². The van der Waals surface area contributed by atoms with E-state index in [-0.39, 0.29) is 12.3 Å². The Morgan fingerprint density at radius 2 is 2.10 bits per heavy atom. The van der Waals surface area contributed by atoms with Gasteiger partial charge in [0.1, 0.15) is 5.75 Å². The Hall–Kier alpha value is -2.38. The van der Waals surface area contributed by atoms with E-state index in [0.717, 1.165) is 22.9 Å². The second-order valence-corrected chi connectivity index (χ2v) is 8.48. The lowest BCUT2D eigenvalue weighted by Gasteiger charge is -2.10. The number of anilines is 1. The summed E-state index contributed by atoms with van der Waals surface area (Å²) < 4.78 is 7.17. The van der Waals surface area contributed by atoms with Gasteiger partial charge in [-0.05, 0) is 50.5 Å². The van der Waals surface area contributed by atoms with Gasteiger partial charge < -0.3 is 10.1 Å². The molecule has 3 rings (SSSR count). The first-order valence-electron chi connectivity index (χ1n) is 10.1. The molecule has 0 atom stereocenters. The molecule has 1 N–H and O–H groups in total. The van der Waals surface area contributed by atoms with Gasteiger partial charge in [0.15, 0.2) is 0 Å². The van der Waals surface area contributed by atoms with Crippen molar-refractivity contribution >= 4 is 34.5 Å². The SMILES string of the molecule is CCCCCc1c(C)nn(-c2nc(CC(=O)Nc3cc(Cl)ccc3OC)cs2)c1C. The summed E-state index contributed by atoms with van der Waals surface area (Å²) in [6.07, 6.45) is 4.78. The molecular formula is C22H27ClN4O2S. The molecule has 0 saturated heterocycles. The van der Waals surface area contributed by atoms with Gasteiger partial charge in [0.05, 0.1) is 30.6 Å². The standard InChI is InChI=1S/C22H27ClN4O2S/c1-5-6-7-8-18-14(2)26-27(15(18)3)22-24-17(13-30-22)12-21(28)25-19-11-16(23)9-10-20(19)29-4/h9-11,13H,5-8,12H2,1-4H3,(H,25,28). The van der Waals surface area contributed by atoms with Crippen LogP contribution in [0.4, 0.5) is 5.69 Å². The minimum Gasteiger partial charge on any atom is -0.495 e. The van der Waals surface area contributed by atoms with Crippen LogP contribution in [0, 0.1) is 13.8 Å². The molecule has 0 unspecified atom stereocenters. The highest BCUT2D eigenvalue weighted by Gasteiger charge is 2.16. The number of hydrogen-bond acceptors (Lipinski definition) is 5. The third-order valence-electron chi connectivity index (χ3n) is 4.97. The van der Waals surface area contributed by atoms with Crippen molar-refractivity contribution < 1.29 is 9.53 Å². The fourth-order valence-electron chi connectivity index (χ4n) is 3.39. The van der Waals surface area contributed by atoms with E-state index in [2.05, 4.69) is 29.2 Å². The fourth-order valence-corrected chi connectivity index (χ4v) is 4.38. The first-order valence-corrected chi connectivity index (χ1v) is 11.3. The molecule has 3 aromatic rings. The zero-order valence-electron chi connectivity index (χ0n) is 17.8. The van der Waals surface area contributed by atoms with Gasteiger partial charge in [-0.15, -0.1) is 11.3 Å². The Morgan fingerprint density at radius 3 is 2.83 bits per heavy atom. The zero-order chi connectivity index (χ0) is 21.7. The summed E-state index contributed by atoms with van der Waals surface area (Å²) in [5, 5.41) is 10.7. The molecule has 0 fully saturated rings. The molecular weight excluding hydrogens is 420 g/mol.